The van der Waals surface area contributed by atoms with Crippen molar-refractivity contribution in [3.63, 3.8) is 0 Å². The standard InChI is InChI=1S/C17H18FNO/c1-12-3-9-16(10-4-12)19-17(11-13(2)20)14-5-7-15(18)8-6-14/h3-10,17,19H,11H2,1-2H3. The molecule has 2 aromatic carbocycles. The minimum Gasteiger partial charge on any atom is -0.378 e. The first-order chi connectivity index (χ1) is 9.54. The minimum atomic E-state index is -0.273. The van der Waals surface area contributed by atoms with Crippen molar-refractivity contribution in [1.82, 2.24) is 0 Å². The molecule has 0 saturated heterocycles. The summed E-state index contributed by atoms with van der Waals surface area (Å²) >= 11 is 0. The van der Waals surface area contributed by atoms with Crippen LogP contribution in [0, 0.1) is 12.7 Å². The zero-order valence-electron chi connectivity index (χ0n) is 11.7. The van der Waals surface area contributed by atoms with Crippen LogP contribution in [0.15, 0.2) is 48.5 Å². The zero-order chi connectivity index (χ0) is 14.5. The Hall–Kier alpha value is -2.16. The maximum absolute atomic E-state index is 13.0. The minimum absolute atomic E-state index is 0.0962. The molecule has 2 rings (SSSR count). The second-order valence-electron chi connectivity index (χ2n) is 5.02. The van der Waals surface area contributed by atoms with E-state index in [4.69, 9.17) is 0 Å². The van der Waals surface area contributed by atoms with E-state index < -0.39 is 0 Å². The van der Waals surface area contributed by atoms with Gasteiger partial charge in [-0.25, -0.2) is 4.39 Å². The van der Waals surface area contributed by atoms with Crippen molar-refractivity contribution in [2.24, 2.45) is 0 Å². The lowest BCUT2D eigenvalue weighted by Gasteiger charge is -2.19. The second kappa shape index (κ2) is 6.33. The van der Waals surface area contributed by atoms with E-state index in [1.807, 2.05) is 31.2 Å². The van der Waals surface area contributed by atoms with E-state index >= 15 is 0 Å². The van der Waals surface area contributed by atoms with Crippen LogP contribution in [-0.4, -0.2) is 5.78 Å². The Morgan fingerprint density at radius 3 is 2.25 bits per heavy atom. The van der Waals surface area contributed by atoms with Gasteiger partial charge in [0.25, 0.3) is 0 Å². The van der Waals surface area contributed by atoms with Gasteiger partial charge in [-0.15, -0.1) is 0 Å². The molecule has 0 fully saturated rings. The van der Waals surface area contributed by atoms with Gasteiger partial charge >= 0.3 is 0 Å². The van der Waals surface area contributed by atoms with Crippen molar-refractivity contribution in [3.05, 3.63) is 65.5 Å². The fourth-order valence-corrected chi connectivity index (χ4v) is 2.09. The first kappa shape index (κ1) is 14.3. The number of aryl methyl sites for hydroxylation is 1. The summed E-state index contributed by atoms with van der Waals surface area (Å²) in [5.74, 6) is -0.176. The quantitative estimate of drug-likeness (QED) is 0.880. The lowest BCUT2D eigenvalue weighted by atomic mass is 10.0. The first-order valence-corrected chi connectivity index (χ1v) is 6.62. The summed E-state index contributed by atoms with van der Waals surface area (Å²) in [6.07, 6.45) is 0.375. The van der Waals surface area contributed by atoms with Crippen molar-refractivity contribution >= 4 is 11.5 Å². The molecule has 0 bridgehead atoms. The van der Waals surface area contributed by atoms with Crippen molar-refractivity contribution in [1.29, 1.82) is 0 Å². The number of hydrogen-bond donors (Lipinski definition) is 1. The molecule has 20 heavy (non-hydrogen) atoms. The molecule has 1 atom stereocenters. The van der Waals surface area contributed by atoms with Crippen LogP contribution in [0.25, 0.3) is 0 Å². The zero-order valence-corrected chi connectivity index (χ0v) is 11.7. The molecule has 0 spiro atoms. The molecular formula is C17H18FNO. The Labute approximate surface area is 118 Å². The van der Waals surface area contributed by atoms with Gasteiger partial charge in [-0.05, 0) is 43.7 Å². The van der Waals surface area contributed by atoms with E-state index in [0.29, 0.717) is 6.42 Å². The SMILES string of the molecule is CC(=O)CC(Nc1ccc(C)cc1)c1ccc(F)cc1. The molecule has 0 saturated carbocycles. The maximum atomic E-state index is 13.0. The molecule has 0 aromatic heterocycles. The highest BCUT2D eigenvalue weighted by molar-refractivity contribution is 5.77. The Balaban J connectivity index is 2.21. The van der Waals surface area contributed by atoms with Crippen LogP contribution in [0.4, 0.5) is 10.1 Å². The predicted molar refractivity (Wildman–Crippen MR) is 79.2 cm³/mol. The largest absolute Gasteiger partial charge is 0.378 e. The Kier molecular flexibility index (Phi) is 4.51. The number of hydrogen-bond acceptors (Lipinski definition) is 2. The summed E-state index contributed by atoms with van der Waals surface area (Å²) in [5, 5.41) is 3.33. The first-order valence-electron chi connectivity index (χ1n) is 6.62. The molecule has 0 aliphatic carbocycles. The third-order valence-electron chi connectivity index (χ3n) is 3.16. The van der Waals surface area contributed by atoms with Crippen LogP contribution >= 0.6 is 0 Å². The molecule has 2 aromatic rings. The number of nitrogens with one attached hydrogen (secondary N) is 1. The van der Waals surface area contributed by atoms with Crippen LogP contribution in [0.1, 0.15) is 30.5 Å². The molecule has 2 nitrogen and oxygen atoms in total. The van der Waals surface area contributed by atoms with Crippen LogP contribution < -0.4 is 5.32 Å². The lowest BCUT2D eigenvalue weighted by Crippen LogP contribution is -2.14. The molecular weight excluding hydrogens is 253 g/mol. The number of carbonyl (C=O) groups excluding carboxylic acids is 1. The van der Waals surface area contributed by atoms with Gasteiger partial charge in [-0.3, -0.25) is 4.79 Å². The molecule has 0 aliphatic heterocycles. The Morgan fingerprint density at radius 1 is 1.10 bits per heavy atom. The van der Waals surface area contributed by atoms with Gasteiger partial charge in [0.05, 0.1) is 6.04 Å². The van der Waals surface area contributed by atoms with Crippen LogP contribution in [0.5, 0.6) is 0 Å². The Morgan fingerprint density at radius 2 is 1.70 bits per heavy atom. The van der Waals surface area contributed by atoms with Crippen LogP contribution in [0.3, 0.4) is 0 Å². The van der Waals surface area contributed by atoms with Crippen molar-refractivity contribution in [3.8, 4) is 0 Å². The average Bonchev–Trinajstić information content (AvgIpc) is 2.41. The summed E-state index contributed by atoms with van der Waals surface area (Å²) in [4.78, 5) is 11.4. The molecule has 0 amide bonds. The van der Waals surface area contributed by atoms with Gasteiger partial charge < -0.3 is 5.32 Å². The third-order valence-corrected chi connectivity index (χ3v) is 3.16. The van der Waals surface area contributed by atoms with Gasteiger partial charge in [0.15, 0.2) is 0 Å². The second-order valence-corrected chi connectivity index (χ2v) is 5.02. The summed E-state index contributed by atoms with van der Waals surface area (Å²) in [5.41, 5.74) is 3.04. The van der Waals surface area contributed by atoms with E-state index in [0.717, 1.165) is 11.3 Å². The number of ketones is 1. The molecule has 0 radical (unpaired) electrons. The summed E-state index contributed by atoms with van der Waals surface area (Å²) in [6.45, 7) is 3.59. The smallest absolute Gasteiger partial charge is 0.132 e. The van der Waals surface area contributed by atoms with E-state index in [2.05, 4.69) is 5.32 Å². The summed E-state index contributed by atoms with van der Waals surface area (Å²) < 4.78 is 13.0. The predicted octanol–water partition coefficient (Wildman–Crippen LogP) is 4.27. The van der Waals surface area contributed by atoms with Crippen LogP contribution in [-0.2, 0) is 4.79 Å². The van der Waals surface area contributed by atoms with E-state index in [1.54, 1.807) is 19.1 Å². The van der Waals surface area contributed by atoms with Crippen molar-refractivity contribution in [2.75, 3.05) is 5.32 Å². The van der Waals surface area contributed by atoms with Crippen LogP contribution in [0.2, 0.25) is 0 Å². The number of Topliss-reactive ketones (excluding diaryl/α,β-unsaturated/α-hetero) is 1. The highest BCUT2D eigenvalue weighted by atomic mass is 19.1. The van der Waals surface area contributed by atoms with Gasteiger partial charge in [-0.1, -0.05) is 29.8 Å². The van der Waals surface area contributed by atoms with E-state index in [9.17, 15) is 9.18 Å². The van der Waals surface area contributed by atoms with Crippen molar-refractivity contribution in [2.45, 2.75) is 26.3 Å². The lowest BCUT2D eigenvalue weighted by molar-refractivity contribution is -0.117. The number of halogens is 1. The monoisotopic (exact) mass is 271 g/mol. The maximum Gasteiger partial charge on any atom is 0.132 e. The highest BCUT2D eigenvalue weighted by Gasteiger charge is 2.13. The topological polar surface area (TPSA) is 29.1 Å². The molecule has 0 aliphatic rings. The summed E-state index contributed by atoms with van der Waals surface area (Å²) in [6, 6.07) is 14.1. The fraction of sp³-hybridized carbons (Fsp3) is 0.235. The Bertz CT molecular complexity index is 575. The summed E-state index contributed by atoms with van der Waals surface area (Å²) in [7, 11) is 0. The van der Waals surface area contributed by atoms with E-state index in [1.165, 1.54) is 17.7 Å². The van der Waals surface area contributed by atoms with Gasteiger partial charge in [0.1, 0.15) is 11.6 Å². The van der Waals surface area contributed by atoms with Crippen molar-refractivity contribution < 1.29 is 9.18 Å². The third kappa shape index (κ3) is 3.92. The molecule has 1 N–H and O–H groups in total. The average molecular weight is 271 g/mol. The van der Waals surface area contributed by atoms with Gasteiger partial charge in [-0.2, -0.15) is 0 Å². The number of anilines is 1. The molecule has 3 heteroatoms. The molecule has 1 unspecified atom stereocenters. The normalized spacial score (nSPS) is 11.9. The molecule has 0 heterocycles. The number of carbonyl (C=O) groups is 1. The van der Waals surface area contributed by atoms with E-state index in [-0.39, 0.29) is 17.6 Å². The fourth-order valence-electron chi connectivity index (χ4n) is 2.09. The molecule has 104 valence electrons. The number of benzene rings is 2. The van der Waals surface area contributed by atoms with Gasteiger partial charge in [0, 0.05) is 12.1 Å². The van der Waals surface area contributed by atoms with Gasteiger partial charge in [0.2, 0.25) is 0 Å². The number of rotatable bonds is 5. The highest BCUT2D eigenvalue weighted by Crippen LogP contribution is 2.23.